The van der Waals surface area contributed by atoms with Gasteiger partial charge in [-0.15, -0.1) is 0 Å². The molecule has 4 heteroatoms. The molecule has 1 saturated carbocycles. The second kappa shape index (κ2) is 5.16. The van der Waals surface area contributed by atoms with Crippen molar-refractivity contribution in [3.63, 3.8) is 0 Å². The highest BCUT2D eigenvalue weighted by atomic mass is 79.9. The van der Waals surface area contributed by atoms with Crippen molar-refractivity contribution in [3.05, 3.63) is 16.5 Å². The van der Waals surface area contributed by atoms with Gasteiger partial charge in [0.15, 0.2) is 0 Å². The number of hydrogen-bond acceptors (Lipinski definition) is 3. The minimum absolute atomic E-state index is 0.911. The zero-order chi connectivity index (χ0) is 12.5. The van der Waals surface area contributed by atoms with Crippen LogP contribution in [-0.4, -0.2) is 23.1 Å². The van der Waals surface area contributed by atoms with Crippen LogP contribution in [0.4, 0.5) is 5.82 Å². The highest BCUT2D eigenvalue weighted by Crippen LogP contribution is 2.39. The van der Waals surface area contributed by atoms with E-state index in [2.05, 4.69) is 38.8 Å². The Morgan fingerprint density at radius 2 is 2.00 bits per heavy atom. The van der Waals surface area contributed by atoms with Gasteiger partial charge < -0.3 is 4.90 Å². The standard InChI is InChI=1S/C14H20BrN3/c1-2-4-13-16-12(15)7-14(17-13)18-8-10-5-3-6-11(10)9-18/h7,10-11H,2-6,8-9H2,1H3. The Morgan fingerprint density at radius 3 is 2.67 bits per heavy atom. The summed E-state index contributed by atoms with van der Waals surface area (Å²) in [5, 5.41) is 0. The first-order valence-corrected chi connectivity index (χ1v) is 7.84. The molecule has 2 fully saturated rings. The molecule has 1 saturated heterocycles. The molecule has 0 N–H and O–H groups in total. The molecule has 2 unspecified atom stereocenters. The molecule has 2 atom stereocenters. The van der Waals surface area contributed by atoms with Crippen LogP contribution in [0.2, 0.25) is 0 Å². The summed E-state index contributed by atoms with van der Waals surface area (Å²) in [5.74, 6) is 3.91. The molecular formula is C14H20BrN3. The smallest absolute Gasteiger partial charge is 0.133 e. The molecule has 0 aromatic carbocycles. The Balaban J connectivity index is 1.79. The van der Waals surface area contributed by atoms with Crippen molar-refractivity contribution >= 4 is 21.7 Å². The van der Waals surface area contributed by atoms with E-state index in [-0.39, 0.29) is 0 Å². The summed E-state index contributed by atoms with van der Waals surface area (Å²) in [4.78, 5) is 11.6. The van der Waals surface area contributed by atoms with E-state index in [0.29, 0.717) is 0 Å². The highest BCUT2D eigenvalue weighted by Gasteiger charge is 2.36. The minimum Gasteiger partial charge on any atom is -0.356 e. The van der Waals surface area contributed by atoms with Crippen LogP contribution >= 0.6 is 15.9 Å². The monoisotopic (exact) mass is 309 g/mol. The zero-order valence-electron chi connectivity index (χ0n) is 10.9. The van der Waals surface area contributed by atoms with Crippen molar-refractivity contribution < 1.29 is 0 Å². The van der Waals surface area contributed by atoms with Crippen molar-refractivity contribution in [3.8, 4) is 0 Å². The van der Waals surface area contributed by atoms with Crippen LogP contribution < -0.4 is 4.90 Å². The third-order valence-electron chi connectivity index (χ3n) is 4.25. The molecule has 1 aliphatic heterocycles. The largest absolute Gasteiger partial charge is 0.356 e. The lowest BCUT2D eigenvalue weighted by Crippen LogP contribution is -2.22. The number of aromatic nitrogens is 2. The highest BCUT2D eigenvalue weighted by molar-refractivity contribution is 9.10. The van der Waals surface area contributed by atoms with Crippen LogP contribution in [0.15, 0.2) is 10.7 Å². The molecule has 0 radical (unpaired) electrons. The van der Waals surface area contributed by atoms with Crippen LogP contribution in [0.3, 0.4) is 0 Å². The summed E-state index contributed by atoms with van der Waals surface area (Å²) in [6, 6.07) is 2.07. The van der Waals surface area contributed by atoms with Gasteiger partial charge >= 0.3 is 0 Å². The number of nitrogens with zero attached hydrogens (tertiary/aromatic N) is 3. The quantitative estimate of drug-likeness (QED) is 0.801. The number of halogens is 1. The van der Waals surface area contributed by atoms with Crippen LogP contribution in [0, 0.1) is 11.8 Å². The maximum Gasteiger partial charge on any atom is 0.133 e. The van der Waals surface area contributed by atoms with Gasteiger partial charge in [0.25, 0.3) is 0 Å². The molecular weight excluding hydrogens is 290 g/mol. The van der Waals surface area contributed by atoms with Gasteiger partial charge in [-0.05, 0) is 47.0 Å². The van der Waals surface area contributed by atoms with E-state index in [4.69, 9.17) is 4.98 Å². The molecule has 1 aromatic rings. The Hall–Kier alpha value is -0.640. The summed E-state index contributed by atoms with van der Waals surface area (Å²) in [7, 11) is 0. The summed E-state index contributed by atoms with van der Waals surface area (Å²) in [6.07, 6.45) is 6.32. The fourth-order valence-corrected chi connectivity index (χ4v) is 3.78. The third-order valence-corrected chi connectivity index (χ3v) is 4.66. The van der Waals surface area contributed by atoms with Gasteiger partial charge in [-0.25, -0.2) is 9.97 Å². The molecule has 18 heavy (non-hydrogen) atoms. The number of hydrogen-bond donors (Lipinski definition) is 0. The molecule has 2 aliphatic rings. The Morgan fingerprint density at radius 1 is 1.28 bits per heavy atom. The van der Waals surface area contributed by atoms with Crippen molar-refractivity contribution in [2.45, 2.75) is 39.0 Å². The predicted octanol–water partition coefficient (Wildman–Crippen LogP) is 3.43. The molecule has 3 nitrogen and oxygen atoms in total. The van der Waals surface area contributed by atoms with E-state index in [1.54, 1.807) is 0 Å². The lowest BCUT2D eigenvalue weighted by molar-refractivity contribution is 0.494. The van der Waals surface area contributed by atoms with Gasteiger partial charge in [0, 0.05) is 25.6 Å². The Bertz CT molecular complexity index is 423. The second-order valence-corrected chi connectivity index (χ2v) is 6.38. The minimum atomic E-state index is 0.911. The van der Waals surface area contributed by atoms with E-state index in [1.807, 2.05) is 0 Å². The zero-order valence-corrected chi connectivity index (χ0v) is 12.5. The molecule has 0 spiro atoms. The number of fused-ring (bicyclic) bond motifs is 1. The fraction of sp³-hybridized carbons (Fsp3) is 0.714. The van der Waals surface area contributed by atoms with Gasteiger partial charge in [-0.2, -0.15) is 0 Å². The molecule has 0 amide bonds. The summed E-state index contributed by atoms with van der Waals surface area (Å²) < 4.78 is 0.924. The van der Waals surface area contributed by atoms with Crippen molar-refractivity contribution in [1.82, 2.24) is 9.97 Å². The first-order valence-electron chi connectivity index (χ1n) is 7.04. The SMILES string of the molecule is CCCc1nc(Br)cc(N2CC3CCCC3C2)n1. The summed E-state index contributed by atoms with van der Waals surface area (Å²) in [6.45, 7) is 4.56. The second-order valence-electron chi connectivity index (χ2n) is 5.57. The molecule has 0 bridgehead atoms. The van der Waals surface area contributed by atoms with E-state index in [9.17, 15) is 0 Å². The van der Waals surface area contributed by atoms with E-state index in [1.165, 1.54) is 32.4 Å². The van der Waals surface area contributed by atoms with Gasteiger partial charge in [0.05, 0.1) is 0 Å². The third kappa shape index (κ3) is 2.40. The van der Waals surface area contributed by atoms with Gasteiger partial charge in [-0.3, -0.25) is 0 Å². The molecule has 2 heterocycles. The number of rotatable bonds is 3. The Kier molecular flexibility index (Phi) is 3.55. The fourth-order valence-electron chi connectivity index (χ4n) is 3.37. The first kappa shape index (κ1) is 12.4. The number of anilines is 1. The maximum atomic E-state index is 4.72. The average molecular weight is 310 g/mol. The lowest BCUT2D eigenvalue weighted by atomic mass is 10.0. The summed E-state index contributed by atoms with van der Waals surface area (Å²) >= 11 is 3.51. The van der Waals surface area contributed by atoms with E-state index < -0.39 is 0 Å². The number of aryl methyl sites for hydroxylation is 1. The van der Waals surface area contributed by atoms with E-state index >= 15 is 0 Å². The van der Waals surface area contributed by atoms with Crippen LogP contribution in [0.25, 0.3) is 0 Å². The van der Waals surface area contributed by atoms with Crippen LogP contribution in [0.1, 0.15) is 38.4 Å². The van der Waals surface area contributed by atoms with Gasteiger partial charge in [0.1, 0.15) is 16.2 Å². The van der Waals surface area contributed by atoms with Crippen molar-refractivity contribution in [2.24, 2.45) is 11.8 Å². The molecule has 1 aliphatic carbocycles. The van der Waals surface area contributed by atoms with Gasteiger partial charge in [-0.1, -0.05) is 13.3 Å². The normalized spacial score (nSPS) is 26.7. The maximum absolute atomic E-state index is 4.72. The van der Waals surface area contributed by atoms with Crippen LogP contribution in [-0.2, 0) is 6.42 Å². The lowest BCUT2D eigenvalue weighted by Gasteiger charge is -2.19. The average Bonchev–Trinajstić information content (AvgIpc) is 2.88. The molecule has 1 aromatic heterocycles. The van der Waals surface area contributed by atoms with E-state index in [0.717, 1.165) is 40.9 Å². The van der Waals surface area contributed by atoms with Crippen LogP contribution in [0.5, 0.6) is 0 Å². The van der Waals surface area contributed by atoms with Gasteiger partial charge in [0.2, 0.25) is 0 Å². The molecule has 3 rings (SSSR count). The van der Waals surface area contributed by atoms with Crippen molar-refractivity contribution in [2.75, 3.05) is 18.0 Å². The Labute approximate surface area is 117 Å². The topological polar surface area (TPSA) is 29.0 Å². The summed E-state index contributed by atoms with van der Waals surface area (Å²) in [5.41, 5.74) is 0. The first-order chi connectivity index (χ1) is 8.76. The van der Waals surface area contributed by atoms with Crippen molar-refractivity contribution in [1.29, 1.82) is 0 Å². The molecule has 98 valence electrons. The predicted molar refractivity (Wildman–Crippen MR) is 76.8 cm³/mol.